The summed E-state index contributed by atoms with van der Waals surface area (Å²) in [4.78, 5) is 0. The van der Waals surface area contributed by atoms with E-state index in [0.29, 0.717) is 0 Å². The number of benzene rings is 1. The van der Waals surface area contributed by atoms with Crippen LogP contribution in [0.1, 0.15) is 0 Å². The summed E-state index contributed by atoms with van der Waals surface area (Å²) in [5.41, 5.74) is 2.85. The zero-order chi connectivity index (χ0) is 5.98. The predicted molar refractivity (Wildman–Crippen MR) is 41.2 cm³/mol. The fourth-order valence-corrected chi connectivity index (χ4v) is 0.663. The third-order valence-corrected chi connectivity index (χ3v) is 1.22. The van der Waals surface area contributed by atoms with Crippen molar-refractivity contribution in [1.29, 1.82) is 0 Å². The molecule has 0 radical (unpaired) electrons. The third-order valence-electron chi connectivity index (χ3n) is 1.22. The fraction of sp³-hybridized carbons (Fsp3) is 0. The molecule has 2 heteroatoms. The minimum atomic E-state index is 0.778. The van der Waals surface area contributed by atoms with Crippen LogP contribution in [0.15, 0.2) is 24.3 Å². The van der Waals surface area contributed by atoms with Crippen molar-refractivity contribution >= 4 is 20.6 Å². The molecule has 0 aromatic heterocycles. The van der Waals surface area contributed by atoms with Crippen LogP contribution in [-0.4, -0.2) is 9.55 Å². The Bertz CT molecular complexity index is 147. The van der Waals surface area contributed by atoms with Crippen LogP contribution < -0.4 is 0 Å². The first-order valence-electron chi connectivity index (χ1n) is 2.45. The van der Waals surface area contributed by atoms with Gasteiger partial charge in [-0.2, -0.15) is 11.1 Å². The van der Waals surface area contributed by atoms with E-state index in [1.165, 1.54) is 11.1 Å². The van der Waals surface area contributed by atoms with Gasteiger partial charge in [-0.3, -0.25) is 0 Å². The van der Waals surface area contributed by atoms with Crippen molar-refractivity contribution < 1.29 is 0 Å². The Morgan fingerprint density at radius 2 is 1.12 bits per heavy atom. The van der Waals surface area contributed by atoms with E-state index in [1.54, 1.807) is 0 Å². The third kappa shape index (κ3) is 0.679. The zero-order valence-electron chi connectivity index (χ0n) is 4.69. The molecule has 0 aromatic rings. The van der Waals surface area contributed by atoms with E-state index in [9.17, 15) is 0 Å². The molecule has 0 saturated carbocycles. The second kappa shape index (κ2) is 2.33. The lowest BCUT2D eigenvalue weighted by atomic mass is 9.95. The van der Waals surface area contributed by atoms with Gasteiger partial charge in [0.05, 0.1) is 0 Å². The minimum Gasteiger partial charge on any atom is -0.181 e. The summed E-state index contributed by atoms with van der Waals surface area (Å²) < 4.78 is 0. The zero-order valence-corrected chi connectivity index (χ0v) is 7.44. The topological polar surface area (TPSA) is 0 Å². The first-order valence-corrected chi connectivity index (χ1v) is 5.47. The molecule has 2 aliphatic rings. The van der Waals surface area contributed by atoms with E-state index < -0.39 is 0 Å². The van der Waals surface area contributed by atoms with Gasteiger partial charge in [-0.25, -0.2) is 0 Å². The first kappa shape index (κ1) is 5.86. The molecule has 0 aliphatic heterocycles. The fourth-order valence-electron chi connectivity index (χ4n) is 0.663. The molecule has 0 aromatic carbocycles. The average Bonchev–Trinajstić information content (AvgIpc) is 1.83. The highest BCUT2D eigenvalue weighted by atomic mass is 35.6. The Balaban J connectivity index is 0.000000147. The molecule has 0 unspecified atom stereocenters. The van der Waals surface area contributed by atoms with Crippen LogP contribution in [0.2, 0.25) is 0 Å². The van der Waals surface area contributed by atoms with Crippen molar-refractivity contribution in [3.05, 3.63) is 24.3 Å². The molecule has 2 rings (SSSR count). The van der Waals surface area contributed by atoms with Crippen molar-refractivity contribution in [3.63, 3.8) is 0 Å². The lowest BCUT2D eigenvalue weighted by Gasteiger charge is -2.10. The summed E-state index contributed by atoms with van der Waals surface area (Å²) in [7, 11) is 0.778. The Labute approximate surface area is 56.6 Å². The summed E-state index contributed by atoms with van der Waals surface area (Å²) in [5.74, 6) is 0. The Morgan fingerprint density at radius 1 is 0.875 bits per heavy atom. The molecule has 2 aliphatic carbocycles. The van der Waals surface area contributed by atoms with Crippen LogP contribution in [0.5, 0.6) is 0 Å². The van der Waals surface area contributed by atoms with Gasteiger partial charge in [0, 0.05) is 0 Å². The van der Waals surface area contributed by atoms with Gasteiger partial charge in [0.2, 0.25) is 0 Å². The molecule has 8 heavy (non-hydrogen) atoms. The summed E-state index contributed by atoms with van der Waals surface area (Å²) in [6.45, 7) is 0. The maximum atomic E-state index is 4.78. The second-order valence-corrected chi connectivity index (χ2v) is 1.58. The summed E-state index contributed by atoms with van der Waals surface area (Å²) in [5, 5.41) is 0. The van der Waals surface area contributed by atoms with Gasteiger partial charge in [-0.05, 0) is 11.1 Å². The maximum Gasteiger partial charge on any atom is 0.109 e. The monoisotopic (exact) mass is 142 g/mol. The van der Waals surface area contributed by atoms with Gasteiger partial charge in [-0.15, -0.1) is 0 Å². The van der Waals surface area contributed by atoms with E-state index in [-0.39, 0.29) is 0 Å². The SMILES string of the molecule is [SiH3]Cl.c1cc2ccc1-2. The highest BCUT2D eigenvalue weighted by Crippen LogP contribution is 2.29. The molecular formula is C6H7ClSi. The molecule has 0 N–H and O–H groups in total. The van der Waals surface area contributed by atoms with Crippen LogP contribution in [0, 0.1) is 0 Å². The van der Waals surface area contributed by atoms with Crippen LogP contribution in [0.25, 0.3) is 11.1 Å². The molecule has 0 saturated heterocycles. The van der Waals surface area contributed by atoms with Crippen molar-refractivity contribution in [2.75, 3.05) is 0 Å². The van der Waals surface area contributed by atoms with Crippen molar-refractivity contribution in [2.45, 2.75) is 0 Å². The number of halogens is 1. The number of hydrogen-bond acceptors (Lipinski definition) is 0. The number of fused-ring (bicyclic) bond motifs is 1. The van der Waals surface area contributed by atoms with Crippen molar-refractivity contribution in [3.8, 4) is 11.1 Å². The Kier molecular flexibility index (Phi) is 1.71. The maximum absolute atomic E-state index is 4.78. The summed E-state index contributed by atoms with van der Waals surface area (Å²) in [6, 6.07) is 8.48. The molecule has 0 spiro atoms. The summed E-state index contributed by atoms with van der Waals surface area (Å²) >= 11 is 4.78. The van der Waals surface area contributed by atoms with Crippen LogP contribution in [0.3, 0.4) is 0 Å². The van der Waals surface area contributed by atoms with Gasteiger partial charge in [0.15, 0.2) is 0 Å². The van der Waals surface area contributed by atoms with E-state index >= 15 is 0 Å². The number of rotatable bonds is 0. The van der Waals surface area contributed by atoms with Gasteiger partial charge >= 0.3 is 0 Å². The Morgan fingerprint density at radius 3 is 1.12 bits per heavy atom. The minimum absolute atomic E-state index is 0.778. The number of hydrogen-bond donors (Lipinski definition) is 0. The van der Waals surface area contributed by atoms with Gasteiger partial charge < -0.3 is 0 Å². The van der Waals surface area contributed by atoms with Gasteiger partial charge in [0.25, 0.3) is 0 Å². The molecule has 0 nitrogen and oxygen atoms in total. The molecule has 42 valence electrons. The second-order valence-electron chi connectivity index (χ2n) is 1.58. The highest BCUT2D eigenvalue weighted by Gasteiger charge is 2.03. The molecule has 0 fully saturated rings. The Hall–Kier alpha value is -0.273. The molecular weight excluding hydrogens is 136 g/mol. The first-order chi connectivity index (χ1) is 3.97. The molecule has 0 atom stereocenters. The lowest BCUT2D eigenvalue weighted by molar-refractivity contribution is 1.55. The smallest absolute Gasteiger partial charge is 0.109 e. The normalized spacial score (nSPS) is 9.62. The molecule has 0 amide bonds. The largest absolute Gasteiger partial charge is 0.181 e. The van der Waals surface area contributed by atoms with Crippen LogP contribution >= 0.6 is 11.1 Å². The summed E-state index contributed by atoms with van der Waals surface area (Å²) in [6.07, 6.45) is 0. The molecule has 0 heterocycles. The van der Waals surface area contributed by atoms with Gasteiger partial charge in [-0.1, -0.05) is 24.3 Å². The predicted octanol–water partition coefficient (Wildman–Crippen LogP) is 1.17. The van der Waals surface area contributed by atoms with Crippen LogP contribution in [0.4, 0.5) is 0 Å². The van der Waals surface area contributed by atoms with E-state index in [1.807, 2.05) is 0 Å². The van der Waals surface area contributed by atoms with E-state index in [4.69, 9.17) is 11.1 Å². The average molecular weight is 143 g/mol. The molecule has 0 bridgehead atoms. The van der Waals surface area contributed by atoms with E-state index in [2.05, 4.69) is 24.3 Å². The van der Waals surface area contributed by atoms with Crippen LogP contribution in [-0.2, 0) is 0 Å². The van der Waals surface area contributed by atoms with Crippen molar-refractivity contribution in [2.24, 2.45) is 0 Å². The quantitative estimate of drug-likeness (QED) is 0.383. The lowest BCUT2D eigenvalue weighted by Crippen LogP contribution is -1.85. The van der Waals surface area contributed by atoms with Crippen molar-refractivity contribution in [1.82, 2.24) is 0 Å². The standard InChI is InChI=1S/C6H4.ClH3Si/c1-2-6-4-3-5(1)6;1-2/h1-4H;2H3. The highest BCUT2D eigenvalue weighted by molar-refractivity contribution is 6.80. The van der Waals surface area contributed by atoms with E-state index in [0.717, 1.165) is 9.55 Å². The van der Waals surface area contributed by atoms with Gasteiger partial charge in [0.1, 0.15) is 9.55 Å².